The number of methoxy groups -OCH3 is 2. The number of aromatic nitrogens is 2. The Labute approximate surface area is 278 Å². The molecule has 0 saturated carbocycles. The third-order valence-corrected chi connectivity index (χ3v) is 10.1. The van der Waals surface area contributed by atoms with Gasteiger partial charge in [-0.2, -0.15) is 5.10 Å². The zero-order valence-corrected chi connectivity index (χ0v) is 28.2. The minimum atomic E-state index is -0.353. The second-order valence-corrected chi connectivity index (χ2v) is 13.2. The average Bonchev–Trinajstić information content (AvgIpc) is 3.73. The molecule has 1 atom stereocenters. The molecule has 0 N–H and O–H groups in total. The average molecular weight is 708 g/mol. The van der Waals surface area contributed by atoms with Crippen LogP contribution in [0.4, 0.5) is 0 Å². The summed E-state index contributed by atoms with van der Waals surface area (Å²) in [5, 5.41) is 6.85. The lowest BCUT2D eigenvalue weighted by Gasteiger charge is -2.23. The van der Waals surface area contributed by atoms with E-state index in [1.807, 2.05) is 73.7 Å². The van der Waals surface area contributed by atoms with Crippen molar-refractivity contribution in [2.24, 2.45) is 5.10 Å². The fraction of sp³-hybridized carbons (Fsp3) is 0.273. The zero-order valence-electron chi connectivity index (χ0n) is 25.0. The highest BCUT2D eigenvalue weighted by atomic mass is 79.9. The van der Waals surface area contributed by atoms with Gasteiger partial charge in [-0.1, -0.05) is 45.9 Å². The second-order valence-electron chi connectivity index (χ2n) is 10.3. The van der Waals surface area contributed by atoms with Crippen LogP contribution in [0, 0.1) is 0 Å². The Bertz CT molecular complexity index is 1810. The van der Waals surface area contributed by atoms with Crippen LogP contribution in [0.15, 0.2) is 91.2 Å². The van der Waals surface area contributed by atoms with Crippen LogP contribution in [-0.2, 0) is 11.2 Å². The molecular weight excluding hydrogens is 676 g/mol. The molecule has 1 amide bonds. The topological polar surface area (TPSA) is 95.2 Å². The Morgan fingerprint density at radius 2 is 1.80 bits per heavy atom. The van der Waals surface area contributed by atoms with Gasteiger partial charge >= 0.3 is 0 Å². The third-order valence-electron chi connectivity index (χ3n) is 7.53. The Morgan fingerprint density at radius 3 is 2.51 bits per heavy atom. The number of nitrogens with zero attached hydrogens (tertiary/aromatic N) is 4. The van der Waals surface area contributed by atoms with Gasteiger partial charge in [-0.05, 0) is 66.6 Å². The van der Waals surface area contributed by atoms with Gasteiger partial charge in [0.05, 0.1) is 54.6 Å². The van der Waals surface area contributed by atoms with Crippen molar-refractivity contribution >= 4 is 51.1 Å². The molecule has 12 heteroatoms. The second kappa shape index (κ2) is 13.7. The third kappa shape index (κ3) is 6.49. The number of rotatable bonds is 10. The van der Waals surface area contributed by atoms with E-state index in [4.69, 9.17) is 24.3 Å². The number of carbonyl (C=O) groups excluding carboxylic acids is 1. The molecule has 0 aliphatic carbocycles. The van der Waals surface area contributed by atoms with Gasteiger partial charge in [0.2, 0.25) is 0 Å². The first-order valence-electron chi connectivity index (χ1n) is 14.4. The monoisotopic (exact) mass is 706 g/mol. The van der Waals surface area contributed by atoms with Crippen LogP contribution in [0.1, 0.15) is 36.2 Å². The molecule has 0 radical (unpaired) electrons. The molecule has 0 spiro atoms. The first-order valence-corrected chi connectivity index (χ1v) is 17.2. The maximum Gasteiger partial charge on any atom is 0.272 e. The Morgan fingerprint density at radius 1 is 1.04 bits per heavy atom. The van der Waals surface area contributed by atoms with Gasteiger partial charge in [-0.3, -0.25) is 14.2 Å². The SMILES string of the molecule is CCOc1ccc(-n2c(SCC(=O)N3N=C(c4ccc(Br)cc4)CC3c3ccc(OC)c(OC)c3)nc3c(c2=O)SCC3)cc1. The quantitative estimate of drug-likeness (QED) is 0.136. The lowest BCUT2D eigenvalue weighted by molar-refractivity contribution is -0.130. The summed E-state index contributed by atoms with van der Waals surface area (Å²) in [5.41, 5.74) is 3.94. The van der Waals surface area contributed by atoms with Crippen molar-refractivity contribution in [3.8, 4) is 22.9 Å². The van der Waals surface area contributed by atoms with Crippen molar-refractivity contribution in [1.82, 2.24) is 14.6 Å². The van der Waals surface area contributed by atoms with E-state index in [0.29, 0.717) is 40.3 Å². The van der Waals surface area contributed by atoms with E-state index in [2.05, 4.69) is 15.9 Å². The van der Waals surface area contributed by atoms with E-state index < -0.39 is 0 Å². The van der Waals surface area contributed by atoms with Gasteiger partial charge < -0.3 is 14.2 Å². The molecule has 232 valence electrons. The van der Waals surface area contributed by atoms with Crippen LogP contribution in [0.25, 0.3) is 5.69 Å². The van der Waals surface area contributed by atoms with Gasteiger partial charge in [-0.25, -0.2) is 9.99 Å². The van der Waals surface area contributed by atoms with Gasteiger partial charge in [-0.15, -0.1) is 11.8 Å². The maximum absolute atomic E-state index is 14.0. The summed E-state index contributed by atoms with van der Waals surface area (Å²) in [7, 11) is 3.18. The molecule has 4 aromatic rings. The minimum absolute atomic E-state index is 0.0380. The van der Waals surface area contributed by atoms with E-state index in [9.17, 15) is 9.59 Å². The molecule has 2 aliphatic rings. The van der Waals surface area contributed by atoms with E-state index in [-0.39, 0.29) is 23.3 Å². The number of hydrogen-bond acceptors (Lipinski definition) is 9. The molecule has 1 unspecified atom stereocenters. The predicted octanol–water partition coefficient (Wildman–Crippen LogP) is 6.53. The molecule has 6 rings (SSSR count). The molecule has 0 bridgehead atoms. The summed E-state index contributed by atoms with van der Waals surface area (Å²) in [5.74, 6) is 2.55. The number of halogens is 1. The number of ether oxygens (including phenoxy) is 3. The summed E-state index contributed by atoms with van der Waals surface area (Å²) in [6.45, 7) is 2.47. The number of fused-ring (bicyclic) bond motifs is 1. The van der Waals surface area contributed by atoms with Gasteiger partial charge in [0.25, 0.3) is 11.5 Å². The van der Waals surface area contributed by atoms with E-state index in [0.717, 1.165) is 44.9 Å². The largest absolute Gasteiger partial charge is 0.494 e. The zero-order chi connectivity index (χ0) is 31.5. The predicted molar refractivity (Wildman–Crippen MR) is 181 cm³/mol. The van der Waals surface area contributed by atoms with Crippen LogP contribution in [0.3, 0.4) is 0 Å². The Hall–Kier alpha value is -3.74. The number of hydrogen-bond donors (Lipinski definition) is 0. The van der Waals surface area contributed by atoms with E-state index >= 15 is 0 Å². The fourth-order valence-corrected chi connectivity index (χ4v) is 7.51. The summed E-state index contributed by atoms with van der Waals surface area (Å²) >= 11 is 6.26. The lowest BCUT2D eigenvalue weighted by Crippen LogP contribution is -2.29. The van der Waals surface area contributed by atoms with Crippen molar-refractivity contribution in [2.75, 3.05) is 32.3 Å². The van der Waals surface area contributed by atoms with E-state index in [1.165, 1.54) is 23.5 Å². The molecule has 3 heterocycles. The van der Waals surface area contributed by atoms with Crippen LogP contribution in [0.5, 0.6) is 17.2 Å². The summed E-state index contributed by atoms with van der Waals surface area (Å²) < 4.78 is 19.2. The molecular formula is C33H31BrN4O5S2. The van der Waals surface area contributed by atoms with Crippen molar-refractivity contribution in [1.29, 1.82) is 0 Å². The smallest absolute Gasteiger partial charge is 0.272 e. The molecule has 0 saturated heterocycles. The standard InChI is InChI=1S/C33H31BrN4O5S2/c1-4-43-24-12-10-23(11-13-24)37-32(40)31-25(15-16-44-31)35-33(37)45-19-30(39)38-27(21-7-14-28(41-2)29(17-21)42-3)18-26(36-38)20-5-8-22(34)9-6-20/h5-14,17,27H,4,15-16,18-19H2,1-3H3. The fourth-order valence-electron chi connectivity index (χ4n) is 5.34. The summed E-state index contributed by atoms with van der Waals surface area (Å²) in [4.78, 5) is 33.2. The number of thioether (sulfide) groups is 2. The normalized spacial score (nSPS) is 15.5. The molecule has 3 aromatic carbocycles. The van der Waals surface area contributed by atoms with E-state index in [1.54, 1.807) is 23.8 Å². The van der Waals surface area contributed by atoms with Crippen LogP contribution >= 0.6 is 39.5 Å². The lowest BCUT2D eigenvalue weighted by atomic mass is 9.98. The maximum atomic E-state index is 14.0. The van der Waals surface area contributed by atoms with Crippen molar-refractivity contribution < 1.29 is 19.0 Å². The number of benzene rings is 3. The van der Waals surface area contributed by atoms with Gasteiger partial charge in [0, 0.05) is 23.1 Å². The highest BCUT2D eigenvalue weighted by Gasteiger charge is 2.34. The summed E-state index contributed by atoms with van der Waals surface area (Å²) in [6.07, 6.45) is 1.24. The van der Waals surface area contributed by atoms with Gasteiger partial charge in [0.15, 0.2) is 16.7 Å². The number of aryl methyl sites for hydroxylation is 1. The van der Waals surface area contributed by atoms with Gasteiger partial charge in [0.1, 0.15) is 5.75 Å². The Kier molecular flexibility index (Phi) is 9.53. The molecule has 2 aliphatic heterocycles. The summed E-state index contributed by atoms with van der Waals surface area (Å²) in [6, 6.07) is 20.6. The highest BCUT2D eigenvalue weighted by Crippen LogP contribution is 2.38. The number of amides is 1. The van der Waals surface area contributed by atoms with Crippen molar-refractivity contribution in [3.05, 3.63) is 98.4 Å². The number of hydrazone groups is 1. The first kappa shape index (κ1) is 31.3. The minimum Gasteiger partial charge on any atom is -0.494 e. The van der Waals surface area contributed by atoms with Crippen LogP contribution < -0.4 is 19.8 Å². The molecule has 45 heavy (non-hydrogen) atoms. The van der Waals surface area contributed by atoms with Crippen molar-refractivity contribution in [3.63, 3.8) is 0 Å². The molecule has 9 nitrogen and oxygen atoms in total. The Balaban J connectivity index is 1.32. The highest BCUT2D eigenvalue weighted by molar-refractivity contribution is 9.10. The van der Waals surface area contributed by atoms with Crippen LogP contribution in [0.2, 0.25) is 0 Å². The molecule has 1 aromatic heterocycles. The first-order chi connectivity index (χ1) is 21.9. The van der Waals surface area contributed by atoms with Crippen molar-refractivity contribution in [2.45, 2.75) is 35.9 Å². The van der Waals surface area contributed by atoms with Crippen LogP contribution in [-0.4, -0.2) is 58.5 Å². The molecule has 0 fully saturated rings. The number of carbonyl (C=O) groups is 1.